The fourth-order valence-electron chi connectivity index (χ4n) is 4.35. The third-order valence-electron chi connectivity index (χ3n) is 6.04. The first-order chi connectivity index (χ1) is 17.1. The summed E-state index contributed by atoms with van der Waals surface area (Å²) in [7, 11) is 0. The SMILES string of the molecule is CCc1nc(N2CCC(F)(F)C2)cc2c1c(=O)n(-c1cncc(Cl)c1)c(=O)n2-c1ccc(F)c(F)c1. The van der Waals surface area contributed by atoms with Gasteiger partial charge in [-0.05, 0) is 24.6 Å². The Labute approximate surface area is 206 Å². The predicted molar refractivity (Wildman–Crippen MR) is 127 cm³/mol. The first-order valence-corrected chi connectivity index (χ1v) is 11.4. The highest BCUT2D eigenvalue weighted by atomic mass is 35.5. The molecule has 0 amide bonds. The predicted octanol–water partition coefficient (Wildman–Crippen LogP) is 4.27. The van der Waals surface area contributed by atoms with Crippen LogP contribution in [-0.2, 0) is 6.42 Å². The number of fused-ring (bicyclic) bond motifs is 1. The first-order valence-electron chi connectivity index (χ1n) is 11.0. The molecule has 0 unspecified atom stereocenters. The van der Waals surface area contributed by atoms with E-state index in [4.69, 9.17) is 11.6 Å². The van der Waals surface area contributed by atoms with Crippen molar-refractivity contribution in [2.75, 3.05) is 18.0 Å². The van der Waals surface area contributed by atoms with Crippen LogP contribution in [0.1, 0.15) is 19.0 Å². The largest absolute Gasteiger partial charge is 0.350 e. The molecule has 1 aromatic carbocycles. The zero-order valence-electron chi connectivity index (χ0n) is 18.8. The summed E-state index contributed by atoms with van der Waals surface area (Å²) in [6.07, 6.45) is 2.44. The van der Waals surface area contributed by atoms with Crippen molar-refractivity contribution >= 4 is 28.3 Å². The van der Waals surface area contributed by atoms with Crippen LogP contribution in [0.3, 0.4) is 0 Å². The highest BCUT2D eigenvalue weighted by Gasteiger charge is 2.39. The van der Waals surface area contributed by atoms with E-state index in [2.05, 4.69) is 9.97 Å². The molecule has 186 valence electrons. The minimum absolute atomic E-state index is 0.0231. The van der Waals surface area contributed by atoms with Crippen molar-refractivity contribution in [3.63, 3.8) is 0 Å². The zero-order chi connectivity index (χ0) is 25.8. The van der Waals surface area contributed by atoms with Gasteiger partial charge in [0.2, 0.25) is 0 Å². The molecule has 0 saturated carbocycles. The summed E-state index contributed by atoms with van der Waals surface area (Å²) in [6, 6.07) is 5.55. The van der Waals surface area contributed by atoms with Gasteiger partial charge >= 0.3 is 5.69 Å². The normalized spacial score (nSPS) is 15.1. The number of benzene rings is 1. The smallest absolute Gasteiger partial charge is 0.340 e. The van der Waals surface area contributed by atoms with E-state index in [0.29, 0.717) is 0 Å². The molecule has 3 aromatic heterocycles. The number of hydrogen-bond acceptors (Lipinski definition) is 5. The molecule has 0 aliphatic carbocycles. The summed E-state index contributed by atoms with van der Waals surface area (Å²) >= 11 is 6.03. The summed E-state index contributed by atoms with van der Waals surface area (Å²) in [6.45, 7) is 1.17. The van der Waals surface area contributed by atoms with Crippen molar-refractivity contribution in [2.45, 2.75) is 25.7 Å². The second kappa shape index (κ2) is 8.74. The molecule has 1 aliphatic heterocycles. The van der Waals surface area contributed by atoms with Gasteiger partial charge in [0, 0.05) is 31.3 Å². The van der Waals surface area contributed by atoms with Crippen LogP contribution < -0.4 is 16.1 Å². The van der Waals surface area contributed by atoms with Crippen LogP contribution in [0.5, 0.6) is 0 Å². The Bertz CT molecular complexity index is 1640. The van der Waals surface area contributed by atoms with Gasteiger partial charge in [0.05, 0.1) is 45.7 Å². The zero-order valence-corrected chi connectivity index (χ0v) is 19.6. The number of anilines is 1. The Morgan fingerprint density at radius 3 is 2.44 bits per heavy atom. The average Bonchev–Trinajstić information content (AvgIpc) is 3.20. The third-order valence-corrected chi connectivity index (χ3v) is 6.25. The van der Waals surface area contributed by atoms with Gasteiger partial charge in [0.25, 0.3) is 11.5 Å². The maximum Gasteiger partial charge on any atom is 0.340 e. The van der Waals surface area contributed by atoms with Gasteiger partial charge in [-0.3, -0.25) is 14.3 Å². The van der Waals surface area contributed by atoms with Crippen LogP contribution >= 0.6 is 11.6 Å². The first kappa shape index (κ1) is 24.0. The lowest BCUT2D eigenvalue weighted by Crippen LogP contribution is -2.39. The van der Waals surface area contributed by atoms with Crippen molar-refractivity contribution in [1.29, 1.82) is 0 Å². The van der Waals surface area contributed by atoms with E-state index in [1.807, 2.05) is 0 Å². The minimum Gasteiger partial charge on any atom is -0.350 e. The van der Waals surface area contributed by atoms with E-state index < -0.39 is 35.4 Å². The van der Waals surface area contributed by atoms with Crippen molar-refractivity contribution in [1.82, 2.24) is 19.1 Å². The van der Waals surface area contributed by atoms with Crippen molar-refractivity contribution in [3.8, 4) is 11.4 Å². The molecule has 0 N–H and O–H groups in total. The molecule has 4 heterocycles. The van der Waals surface area contributed by atoms with Gasteiger partial charge in [0.1, 0.15) is 5.82 Å². The Kier molecular flexibility index (Phi) is 5.82. The van der Waals surface area contributed by atoms with Gasteiger partial charge in [-0.25, -0.2) is 31.9 Å². The van der Waals surface area contributed by atoms with Crippen LogP contribution in [0.2, 0.25) is 5.02 Å². The van der Waals surface area contributed by atoms with E-state index in [1.54, 1.807) is 6.92 Å². The van der Waals surface area contributed by atoms with Gasteiger partial charge in [0.15, 0.2) is 11.6 Å². The van der Waals surface area contributed by atoms with Crippen molar-refractivity contribution < 1.29 is 17.6 Å². The van der Waals surface area contributed by atoms with Crippen molar-refractivity contribution in [2.24, 2.45) is 0 Å². The standard InChI is InChI=1S/C24H18ClF4N5O2/c1-2-18-21-19(9-20(31-18)32-6-5-24(28,29)12-32)33(14-3-4-16(26)17(27)8-14)23(36)34(22(21)35)15-7-13(25)10-30-11-15/h3-4,7-11H,2,5-6,12H2,1H3. The summed E-state index contributed by atoms with van der Waals surface area (Å²) < 4.78 is 57.6. The van der Waals surface area contributed by atoms with Gasteiger partial charge < -0.3 is 4.90 Å². The van der Waals surface area contributed by atoms with E-state index in [-0.39, 0.29) is 58.2 Å². The molecule has 36 heavy (non-hydrogen) atoms. The second-order valence-electron chi connectivity index (χ2n) is 8.42. The summed E-state index contributed by atoms with van der Waals surface area (Å²) in [5.74, 6) is -5.10. The summed E-state index contributed by atoms with van der Waals surface area (Å²) in [5, 5.41) is 0.189. The average molecular weight is 520 g/mol. The molecule has 5 rings (SSSR count). The maximum absolute atomic E-state index is 14.2. The fourth-order valence-corrected chi connectivity index (χ4v) is 4.52. The molecule has 0 radical (unpaired) electrons. The highest BCUT2D eigenvalue weighted by molar-refractivity contribution is 6.30. The number of hydrogen-bond donors (Lipinski definition) is 0. The Balaban J connectivity index is 1.91. The topological polar surface area (TPSA) is 73.0 Å². The van der Waals surface area contributed by atoms with Gasteiger partial charge in [-0.1, -0.05) is 18.5 Å². The maximum atomic E-state index is 14.2. The molecule has 0 spiro atoms. The van der Waals surface area contributed by atoms with E-state index >= 15 is 0 Å². The molecule has 4 aromatic rings. The van der Waals surface area contributed by atoms with Crippen LogP contribution in [0.4, 0.5) is 23.4 Å². The van der Waals surface area contributed by atoms with Crippen LogP contribution in [-0.4, -0.2) is 38.1 Å². The highest BCUT2D eigenvalue weighted by Crippen LogP contribution is 2.32. The Morgan fingerprint density at radius 2 is 1.81 bits per heavy atom. The van der Waals surface area contributed by atoms with Crippen LogP contribution in [0, 0.1) is 11.6 Å². The lowest BCUT2D eigenvalue weighted by atomic mass is 10.1. The number of pyridine rings is 2. The lowest BCUT2D eigenvalue weighted by molar-refractivity contribution is 0.0256. The Hall–Kier alpha value is -3.73. The molecule has 0 atom stereocenters. The quantitative estimate of drug-likeness (QED) is 0.377. The molecule has 7 nitrogen and oxygen atoms in total. The molecule has 0 bridgehead atoms. The number of halogens is 5. The fraction of sp³-hybridized carbons (Fsp3) is 0.250. The van der Waals surface area contributed by atoms with E-state index in [1.165, 1.54) is 35.5 Å². The minimum atomic E-state index is -2.91. The Morgan fingerprint density at radius 1 is 1.03 bits per heavy atom. The summed E-state index contributed by atoms with van der Waals surface area (Å²) in [5.41, 5.74) is -1.38. The number of rotatable bonds is 4. The molecule has 1 fully saturated rings. The molecule has 12 heteroatoms. The molecular weight excluding hydrogens is 502 g/mol. The summed E-state index contributed by atoms with van der Waals surface area (Å²) in [4.78, 5) is 37.1. The van der Waals surface area contributed by atoms with Gasteiger partial charge in [-0.15, -0.1) is 0 Å². The lowest BCUT2D eigenvalue weighted by Gasteiger charge is -2.21. The van der Waals surface area contributed by atoms with Gasteiger partial charge in [-0.2, -0.15) is 0 Å². The van der Waals surface area contributed by atoms with Crippen LogP contribution in [0.25, 0.3) is 22.3 Å². The van der Waals surface area contributed by atoms with Crippen molar-refractivity contribution in [3.05, 3.63) is 85.9 Å². The third kappa shape index (κ3) is 4.02. The monoisotopic (exact) mass is 519 g/mol. The molecular formula is C24H18ClF4N5O2. The number of aryl methyl sites for hydroxylation is 1. The number of alkyl halides is 2. The van der Waals surface area contributed by atoms with Crippen LogP contribution in [0.15, 0.2) is 52.3 Å². The van der Waals surface area contributed by atoms with E-state index in [0.717, 1.165) is 21.3 Å². The number of aromatic nitrogens is 4. The second-order valence-corrected chi connectivity index (χ2v) is 8.86. The number of nitrogens with zero attached hydrogens (tertiary/aromatic N) is 5. The molecule has 1 aliphatic rings. The molecule has 1 saturated heterocycles. The van der Waals surface area contributed by atoms with E-state index in [9.17, 15) is 27.2 Å².